The molecule has 1 aromatic rings. The van der Waals surface area contributed by atoms with Crippen LogP contribution in [0.1, 0.15) is 85.2 Å². The Balaban J connectivity index is 1.42. The molecule has 25 heavy (non-hydrogen) atoms. The van der Waals surface area contributed by atoms with Gasteiger partial charge in [-0.25, -0.2) is 4.79 Å². The van der Waals surface area contributed by atoms with Gasteiger partial charge in [0, 0.05) is 0 Å². The van der Waals surface area contributed by atoms with Crippen molar-refractivity contribution in [3.8, 4) is 0 Å². The van der Waals surface area contributed by atoms with E-state index in [9.17, 15) is 15.0 Å². The predicted octanol–water partition coefficient (Wildman–Crippen LogP) is 4.77. The van der Waals surface area contributed by atoms with Crippen LogP contribution in [0.5, 0.6) is 0 Å². The number of carboxylic acids is 1. The highest BCUT2D eigenvalue weighted by molar-refractivity contribution is 5.90. The maximum absolute atomic E-state index is 11.6. The summed E-state index contributed by atoms with van der Waals surface area (Å²) in [6.07, 6.45) is 12.1. The van der Waals surface area contributed by atoms with E-state index in [0.29, 0.717) is 17.4 Å². The molecule has 0 bridgehead atoms. The first-order chi connectivity index (χ1) is 12.1. The van der Waals surface area contributed by atoms with Gasteiger partial charge < -0.3 is 10.2 Å². The molecule has 0 spiro atoms. The number of aromatic carboxylic acids is 1. The molecule has 0 aromatic heterocycles. The second kappa shape index (κ2) is 7.11. The van der Waals surface area contributed by atoms with Crippen molar-refractivity contribution in [1.82, 2.24) is 0 Å². The third kappa shape index (κ3) is 3.23. The van der Waals surface area contributed by atoms with E-state index in [1.165, 1.54) is 50.5 Å². The minimum atomic E-state index is -0.826. The zero-order chi connectivity index (χ0) is 17.4. The van der Waals surface area contributed by atoms with Gasteiger partial charge in [0.15, 0.2) is 0 Å². The van der Waals surface area contributed by atoms with Crippen LogP contribution in [-0.4, -0.2) is 22.3 Å². The van der Waals surface area contributed by atoms with Crippen LogP contribution in [0, 0.1) is 17.8 Å². The molecule has 0 saturated heterocycles. The molecule has 1 aromatic carbocycles. The molecule has 2 saturated carbocycles. The molecule has 2 fully saturated rings. The summed E-state index contributed by atoms with van der Waals surface area (Å²) in [6.45, 7) is 0. The van der Waals surface area contributed by atoms with Gasteiger partial charge >= 0.3 is 5.97 Å². The number of rotatable bonds is 5. The van der Waals surface area contributed by atoms with E-state index >= 15 is 0 Å². The topological polar surface area (TPSA) is 57.5 Å². The minimum absolute atomic E-state index is 0.247. The first-order valence-corrected chi connectivity index (χ1v) is 10.2. The molecule has 136 valence electrons. The number of benzene rings is 1. The van der Waals surface area contributed by atoms with Crippen LogP contribution in [0.3, 0.4) is 0 Å². The molecule has 2 N–H and O–H groups in total. The predicted molar refractivity (Wildman–Crippen MR) is 97.9 cm³/mol. The van der Waals surface area contributed by atoms with Gasteiger partial charge in [0.05, 0.1) is 11.7 Å². The average molecular weight is 342 g/mol. The SMILES string of the molecule is O=C(O)c1cccc2c1[C@H]1C[C@@H](O)[C@H](CCCC3CCCCC3)[C@H]1C2. The quantitative estimate of drug-likeness (QED) is 0.810. The van der Waals surface area contributed by atoms with Crippen LogP contribution in [-0.2, 0) is 6.42 Å². The summed E-state index contributed by atoms with van der Waals surface area (Å²) in [5, 5.41) is 20.2. The van der Waals surface area contributed by atoms with E-state index in [1.54, 1.807) is 6.07 Å². The van der Waals surface area contributed by atoms with Crippen molar-refractivity contribution in [2.24, 2.45) is 17.8 Å². The molecule has 3 nitrogen and oxygen atoms in total. The maximum Gasteiger partial charge on any atom is 0.335 e. The lowest BCUT2D eigenvalue weighted by Crippen LogP contribution is -2.20. The normalized spacial score (nSPS) is 31.7. The number of aliphatic hydroxyl groups excluding tert-OH is 1. The summed E-state index contributed by atoms with van der Waals surface area (Å²) < 4.78 is 0. The third-order valence-electron chi connectivity index (χ3n) is 7.18. The van der Waals surface area contributed by atoms with E-state index < -0.39 is 5.97 Å². The van der Waals surface area contributed by atoms with Gasteiger partial charge in [-0.2, -0.15) is 0 Å². The van der Waals surface area contributed by atoms with E-state index in [1.807, 2.05) is 6.07 Å². The van der Waals surface area contributed by atoms with Gasteiger partial charge in [0.1, 0.15) is 0 Å². The van der Waals surface area contributed by atoms with Crippen molar-refractivity contribution in [2.75, 3.05) is 0 Å². The molecular weight excluding hydrogens is 312 g/mol. The molecular formula is C22H30O3. The fraction of sp³-hybridized carbons (Fsp3) is 0.682. The number of carbonyl (C=O) groups is 1. The summed E-state index contributed by atoms with van der Waals surface area (Å²) in [5.74, 6) is 1.12. The van der Waals surface area contributed by atoms with Crippen molar-refractivity contribution >= 4 is 5.97 Å². The zero-order valence-electron chi connectivity index (χ0n) is 15.0. The fourth-order valence-corrected chi connectivity index (χ4v) is 6.01. The van der Waals surface area contributed by atoms with Gasteiger partial charge in [-0.3, -0.25) is 0 Å². The lowest BCUT2D eigenvalue weighted by Gasteiger charge is -2.24. The highest BCUT2D eigenvalue weighted by atomic mass is 16.4. The van der Waals surface area contributed by atoms with E-state index in [4.69, 9.17) is 0 Å². The number of carboxylic acid groups (broad SMARTS) is 1. The van der Waals surface area contributed by atoms with E-state index in [2.05, 4.69) is 6.07 Å². The number of hydrogen-bond acceptors (Lipinski definition) is 2. The Hall–Kier alpha value is -1.35. The Morgan fingerprint density at radius 2 is 1.92 bits per heavy atom. The second-order valence-corrected chi connectivity index (χ2v) is 8.56. The molecule has 0 radical (unpaired) electrons. The Morgan fingerprint density at radius 3 is 2.68 bits per heavy atom. The largest absolute Gasteiger partial charge is 0.478 e. The number of fused-ring (bicyclic) bond motifs is 3. The Labute approximate surface area is 150 Å². The maximum atomic E-state index is 11.6. The van der Waals surface area contributed by atoms with Gasteiger partial charge in [-0.1, -0.05) is 57.1 Å². The Bertz CT molecular complexity index is 632. The van der Waals surface area contributed by atoms with E-state index in [-0.39, 0.29) is 12.0 Å². The standard InChI is InChI=1S/C22H30O3/c23-20-13-19-18(12-15-9-5-11-17(21(15)19)22(24)25)16(20)10-4-8-14-6-2-1-3-7-14/h5,9,11,14,16,18-20,23H,1-4,6-8,10,12-13H2,(H,24,25)/t16-,18-,19+,20-/m1/s1. The van der Waals surface area contributed by atoms with Crippen molar-refractivity contribution in [1.29, 1.82) is 0 Å². The van der Waals surface area contributed by atoms with Crippen LogP contribution in [0.2, 0.25) is 0 Å². The number of aliphatic hydroxyl groups is 1. The Kier molecular flexibility index (Phi) is 4.86. The molecule has 0 amide bonds. The first kappa shape index (κ1) is 17.1. The smallest absolute Gasteiger partial charge is 0.335 e. The lowest BCUT2D eigenvalue weighted by molar-refractivity contribution is 0.0694. The second-order valence-electron chi connectivity index (χ2n) is 8.56. The van der Waals surface area contributed by atoms with Crippen LogP contribution >= 0.6 is 0 Å². The lowest BCUT2D eigenvalue weighted by atomic mass is 9.82. The molecule has 0 aliphatic heterocycles. The highest BCUT2D eigenvalue weighted by Gasteiger charge is 2.48. The monoisotopic (exact) mass is 342 g/mol. The van der Waals surface area contributed by atoms with Gasteiger partial charge in [0.25, 0.3) is 0 Å². The minimum Gasteiger partial charge on any atom is -0.478 e. The van der Waals surface area contributed by atoms with Crippen molar-refractivity contribution in [2.45, 2.75) is 76.2 Å². The summed E-state index contributed by atoms with van der Waals surface area (Å²) in [7, 11) is 0. The molecule has 0 unspecified atom stereocenters. The third-order valence-corrected chi connectivity index (χ3v) is 7.18. The molecule has 3 aliphatic rings. The highest BCUT2D eigenvalue weighted by Crippen LogP contribution is 2.53. The number of hydrogen-bond donors (Lipinski definition) is 2. The zero-order valence-corrected chi connectivity index (χ0v) is 15.0. The van der Waals surface area contributed by atoms with Crippen molar-refractivity contribution < 1.29 is 15.0 Å². The summed E-state index contributed by atoms with van der Waals surface area (Å²) in [6, 6.07) is 5.69. The summed E-state index contributed by atoms with van der Waals surface area (Å²) in [4.78, 5) is 11.6. The molecule has 4 rings (SSSR count). The van der Waals surface area contributed by atoms with Crippen LogP contribution in [0.4, 0.5) is 0 Å². The van der Waals surface area contributed by atoms with E-state index in [0.717, 1.165) is 30.7 Å². The summed E-state index contributed by atoms with van der Waals surface area (Å²) in [5.41, 5.74) is 2.69. The molecule has 3 aliphatic carbocycles. The van der Waals surface area contributed by atoms with Crippen molar-refractivity contribution in [3.63, 3.8) is 0 Å². The van der Waals surface area contributed by atoms with Crippen molar-refractivity contribution in [3.05, 3.63) is 34.9 Å². The molecule has 0 heterocycles. The average Bonchev–Trinajstić information content (AvgIpc) is 3.11. The Morgan fingerprint density at radius 1 is 1.12 bits per heavy atom. The first-order valence-electron chi connectivity index (χ1n) is 10.2. The summed E-state index contributed by atoms with van der Waals surface area (Å²) >= 11 is 0. The fourth-order valence-electron chi connectivity index (χ4n) is 6.01. The van der Waals surface area contributed by atoms with Gasteiger partial charge in [0.2, 0.25) is 0 Å². The van der Waals surface area contributed by atoms with Crippen LogP contribution in [0.25, 0.3) is 0 Å². The van der Waals surface area contributed by atoms with Gasteiger partial charge in [-0.15, -0.1) is 0 Å². The molecule has 4 atom stereocenters. The molecule has 3 heteroatoms. The van der Waals surface area contributed by atoms with Crippen LogP contribution in [0.15, 0.2) is 18.2 Å². The van der Waals surface area contributed by atoms with Gasteiger partial charge in [-0.05, 0) is 60.1 Å². The van der Waals surface area contributed by atoms with Crippen LogP contribution < -0.4 is 0 Å².